The van der Waals surface area contributed by atoms with Crippen molar-refractivity contribution in [2.75, 3.05) is 13.7 Å². The lowest BCUT2D eigenvalue weighted by atomic mass is 10.2. The van der Waals surface area contributed by atoms with E-state index in [-0.39, 0.29) is 13.2 Å². The summed E-state index contributed by atoms with van der Waals surface area (Å²) in [6.45, 7) is -0.287. The third-order valence-electron chi connectivity index (χ3n) is 3.41. The number of thiophene rings is 1. The van der Waals surface area contributed by atoms with Gasteiger partial charge in [-0.25, -0.2) is 4.98 Å². The summed E-state index contributed by atoms with van der Waals surface area (Å²) in [6, 6.07) is 10.5. The number of esters is 1. The Balaban J connectivity index is 1.48. The van der Waals surface area contributed by atoms with Crippen molar-refractivity contribution in [3.05, 3.63) is 59.3 Å². The first kappa shape index (κ1) is 17.7. The number of ether oxygens (including phenoxy) is 2. The van der Waals surface area contributed by atoms with E-state index in [4.69, 9.17) is 13.9 Å². The van der Waals surface area contributed by atoms with Crippen LogP contribution in [-0.2, 0) is 16.1 Å². The van der Waals surface area contributed by atoms with Crippen LogP contribution >= 0.6 is 11.3 Å². The predicted molar refractivity (Wildman–Crippen MR) is 94.9 cm³/mol. The van der Waals surface area contributed by atoms with E-state index in [0.29, 0.717) is 22.9 Å². The van der Waals surface area contributed by atoms with Crippen LogP contribution in [0.1, 0.15) is 16.1 Å². The number of nitrogens with one attached hydrogen (secondary N) is 1. The maximum Gasteiger partial charge on any atom is 0.325 e. The van der Waals surface area contributed by atoms with E-state index in [1.807, 2.05) is 17.5 Å². The molecule has 0 unspecified atom stereocenters. The molecule has 2 aromatic heterocycles. The summed E-state index contributed by atoms with van der Waals surface area (Å²) in [7, 11) is 1.47. The zero-order valence-corrected chi connectivity index (χ0v) is 14.7. The molecule has 0 aliphatic carbocycles. The molecule has 7 nitrogen and oxygen atoms in total. The highest BCUT2D eigenvalue weighted by Gasteiger charge is 2.14. The lowest BCUT2D eigenvalue weighted by Gasteiger charge is -2.08. The molecule has 3 aromatic rings. The van der Waals surface area contributed by atoms with Crippen molar-refractivity contribution in [2.45, 2.75) is 6.61 Å². The van der Waals surface area contributed by atoms with Crippen molar-refractivity contribution in [1.29, 1.82) is 0 Å². The molecule has 0 fully saturated rings. The first-order valence-corrected chi connectivity index (χ1v) is 8.60. The Morgan fingerprint density at radius 1 is 1.23 bits per heavy atom. The number of para-hydroxylation sites is 1. The Morgan fingerprint density at radius 3 is 2.85 bits per heavy atom. The van der Waals surface area contributed by atoms with Gasteiger partial charge in [-0.15, -0.1) is 11.3 Å². The lowest BCUT2D eigenvalue weighted by molar-refractivity contribution is -0.143. The topological polar surface area (TPSA) is 90.7 Å². The van der Waals surface area contributed by atoms with Gasteiger partial charge in [-0.2, -0.15) is 0 Å². The standard InChI is InChI=1S/C18H16N2O5S/c1-23-14-6-3-2-5-13(14)17(22)19-9-16(21)24-10-12-11-25-18(20-12)15-7-4-8-26-15/h2-8,11H,9-10H2,1H3,(H,19,22). The van der Waals surface area contributed by atoms with Crippen LogP contribution in [0, 0.1) is 0 Å². The summed E-state index contributed by atoms with van der Waals surface area (Å²) in [4.78, 5) is 29.1. The molecule has 0 bridgehead atoms. The number of rotatable bonds is 7. The molecule has 26 heavy (non-hydrogen) atoms. The number of hydrogen-bond acceptors (Lipinski definition) is 7. The van der Waals surface area contributed by atoms with Gasteiger partial charge in [0.15, 0.2) is 0 Å². The monoisotopic (exact) mass is 372 g/mol. The molecule has 1 amide bonds. The van der Waals surface area contributed by atoms with E-state index in [9.17, 15) is 9.59 Å². The van der Waals surface area contributed by atoms with Gasteiger partial charge in [0.1, 0.15) is 30.9 Å². The Bertz CT molecular complexity index is 889. The van der Waals surface area contributed by atoms with Crippen LogP contribution in [-0.4, -0.2) is 30.5 Å². The number of methoxy groups -OCH3 is 1. The third-order valence-corrected chi connectivity index (χ3v) is 4.27. The second kappa shape index (κ2) is 8.30. The van der Waals surface area contributed by atoms with Gasteiger partial charge in [-0.05, 0) is 23.6 Å². The van der Waals surface area contributed by atoms with E-state index in [0.717, 1.165) is 4.88 Å². The third kappa shape index (κ3) is 4.28. The molecule has 8 heteroatoms. The molecule has 0 radical (unpaired) electrons. The van der Waals surface area contributed by atoms with E-state index < -0.39 is 11.9 Å². The second-order valence-electron chi connectivity index (χ2n) is 5.16. The maximum absolute atomic E-state index is 12.1. The maximum atomic E-state index is 12.1. The molecular weight excluding hydrogens is 356 g/mol. The average molecular weight is 372 g/mol. The second-order valence-corrected chi connectivity index (χ2v) is 6.11. The SMILES string of the molecule is COc1ccccc1C(=O)NCC(=O)OCc1coc(-c2cccs2)n1. The zero-order chi connectivity index (χ0) is 18.4. The number of oxazole rings is 1. The average Bonchev–Trinajstić information content (AvgIpc) is 3.35. The van der Waals surface area contributed by atoms with E-state index in [1.165, 1.54) is 24.7 Å². The first-order valence-electron chi connectivity index (χ1n) is 7.72. The number of benzene rings is 1. The molecule has 0 aliphatic rings. The number of nitrogens with zero attached hydrogens (tertiary/aromatic N) is 1. The molecule has 134 valence electrons. The van der Waals surface area contributed by atoms with Gasteiger partial charge >= 0.3 is 5.97 Å². The minimum absolute atomic E-state index is 0.0295. The first-order chi connectivity index (χ1) is 12.7. The summed E-state index contributed by atoms with van der Waals surface area (Å²) in [5.41, 5.74) is 0.845. The molecular formula is C18H16N2O5S. The molecule has 1 aromatic carbocycles. The van der Waals surface area contributed by atoms with Crippen LogP contribution in [0.5, 0.6) is 5.75 Å². The van der Waals surface area contributed by atoms with Crippen molar-refractivity contribution in [3.8, 4) is 16.5 Å². The van der Waals surface area contributed by atoms with Crippen molar-refractivity contribution < 1.29 is 23.5 Å². The van der Waals surface area contributed by atoms with Gasteiger partial charge in [-0.3, -0.25) is 9.59 Å². The van der Waals surface area contributed by atoms with Crippen molar-refractivity contribution in [2.24, 2.45) is 0 Å². The summed E-state index contributed by atoms with van der Waals surface area (Å²) in [5, 5.41) is 4.42. The predicted octanol–water partition coefficient (Wildman–Crippen LogP) is 2.88. The van der Waals surface area contributed by atoms with Crippen molar-refractivity contribution >= 4 is 23.2 Å². The molecule has 0 saturated heterocycles. The fourth-order valence-electron chi connectivity index (χ4n) is 2.17. The molecule has 0 aliphatic heterocycles. The molecule has 1 N–H and O–H groups in total. The Kier molecular flexibility index (Phi) is 5.65. The van der Waals surface area contributed by atoms with Crippen molar-refractivity contribution in [1.82, 2.24) is 10.3 Å². The highest BCUT2D eigenvalue weighted by Crippen LogP contribution is 2.23. The summed E-state index contributed by atoms with van der Waals surface area (Å²) < 4.78 is 15.6. The van der Waals surface area contributed by atoms with Crippen LogP contribution in [0.2, 0.25) is 0 Å². The number of carbonyl (C=O) groups excluding carboxylic acids is 2. The Labute approximate surface area is 153 Å². The fraction of sp³-hybridized carbons (Fsp3) is 0.167. The van der Waals surface area contributed by atoms with Crippen LogP contribution < -0.4 is 10.1 Å². The number of amides is 1. The summed E-state index contributed by atoms with van der Waals surface area (Å²) >= 11 is 1.50. The fourth-order valence-corrected chi connectivity index (χ4v) is 2.83. The molecule has 0 atom stereocenters. The molecule has 3 rings (SSSR count). The Morgan fingerprint density at radius 2 is 2.08 bits per heavy atom. The Hall–Kier alpha value is -3.13. The molecule has 0 spiro atoms. The van der Waals surface area contributed by atoms with Crippen LogP contribution in [0.25, 0.3) is 10.8 Å². The van der Waals surface area contributed by atoms with E-state index in [1.54, 1.807) is 24.3 Å². The highest BCUT2D eigenvalue weighted by atomic mass is 32.1. The van der Waals surface area contributed by atoms with Gasteiger partial charge < -0.3 is 19.2 Å². The van der Waals surface area contributed by atoms with Crippen LogP contribution in [0.4, 0.5) is 0 Å². The van der Waals surface area contributed by atoms with Gasteiger partial charge in [-0.1, -0.05) is 18.2 Å². The summed E-state index contributed by atoms with van der Waals surface area (Å²) in [6.07, 6.45) is 1.44. The van der Waals surface area contributed by atoms with E-state index in [2.05, 4.69) is 10.3 Å². The molecule has 2 heterocycles. The minimum Gasteiger partial charge on any atom is -0.496 e. The highest BCUT2D eigenvalue weighted by molar-refractivity contribution is 7.13. The quantitative estimate of drug-likeness (QED) is 0.641. The number of carbonyl (C=O) groups is 2. The van der Waals surface area contributed by atoms with Crippen molar-refractivity contribution in [3.63, 3.8) is 0 Å². The van der Waals surface area contributed by atoms with Gasteiger partial charge in [0, 0.05) is 0 Å². The minimum atomic E-state index is -0.575. The van der Waals surface area contributed by atoms with Gasteiger partial charge in [0.2, 0.25) is 5.89 Å². The smallest absolute Gasteiger partial charge is 0.325 e. The van der Waals surface area contributed by atoms with Gasteiger partial charge in [0.25, 0.3) is 5.91 Å². The zero-order valence-electron chi connectivity index (χ0n) is 13.9. The summed E-state index contributed by atoms with van der Waals surface area (Å²) in [5.74, 6) is -0.0765. The lowest BCUT2D eigenvalue weighted by Crippen LogP contribution is -2.30. The number of aromatic nitrogens is 1. The van der Waals surface area contributed by atoms with Crippen LogP contribution in [0.3, 0.4) is 0 Å². The van der Waals surface area contributed by atoms with E-state index >= 15 is 0 Å². The van der Waals surface area contributed by atoms with Gasteiger partial charge in [0.05, 0.1) is 17.6 Å². The number of hydrogen-bond donors (Lipinski definition) is 1. The van der Waals surface area contributed by atoms with Crippen LogP contribution in [0.15, 0.2) is 52.5 Å². The molecule has 0 saturated carbocycles. The normalized spacial score (nSPS) is 10.3. The largest absolute Gasteiger partial charge is 0.496 e.